The summed E-state index contributed by atoms with van der Waals surface area (Å²) in [5.74, 6) is -0.369. The Labute approximate surface area is 161 Å². The number of rotatable bonds is 5. The van der Waals surface area contributed by atoms with Crippen LogP contribution in [0.15, 0.2) is 53.3 Å². The predicted octanol–water partition coefficient (Wildman–Crippen LogP) is 1.38. The Hall–Kier alpha value is -3.68. The van der Waals surface area contributed by atoms with E-state index in [-0.39, 0.29) is 24.3 Å². The molecule has 0 saturated heterocycles. The van der Waals surface area contributed by atoms with E-state index in [2.05, 4.69) is 20.8 Å². The van der Waals surface area contributed by atoms with Crippen molar-refractivity contribution in [2.45, 2.75) is 12.8 Å². The Kier molecular flexibility index (Phi) is 5.69. The van der Waals surface area contributed by atoms with E-state index in [4.69, 9.17) is 0 Å². The maximum atomic E-state index is 12.2. The quantitative estimate of drug-likeness (QED) is 0.581. The smallest absolute Gasteiger partial charge is 0.269 e. The van der Waals surface area contributed by atoms with E-state index in [1.54, 1.807) is 42.5 Å². The lowest BCUT2D eigenvalue weighted by atomic mass is 10.2. The minimum Gasteiger partial charge on any atom is -0.378 e. The predicted molar refractivity (Wildman–Crippen MR) is 107 cm³/mol. The molecule has 0 unspecified atom stereocenters. The fourth-order valence-corrected chi connectivity index (χ4v) is 2.67. The molecule has 0 spiro atoms. The summed E-state index contributed by atoms with van der Waals surface area (Å²) in [4.78, 5) is 45.1. The summed E-state index contributed by atoms with van der Waals surface area (Å²) in [7, 11) is 3.76. The van der Waals surface area contributed by atoms with Crippen LogP contribution in [0.4, 0.5) is 5.69 Å². The second-order valence-electron chi connectivity index (χ2n) is 6.48. The molecule has 0 bridgehead atoms. The second-order valence-corrected chi connectivity index (χ2v) is 6.48. The van der Waals surface area contributed by atoms with Gasteiger partial charge in [-0.3, -0.25) is 25.2 Å². The largest absolute Gasteiger partial charge is 0.378 e. The number of aromatic nitrogens is 2. The van der Waals surface area contributed by atoms with Gasteiger partial charge in [-0.15, -0.1) is 0 Å². The number of benzene rings is 2. The number of amides is 2. The maximum absolute atomic E-state index is 12.2. The van der Waals surface area contributed by atoms with Gasteiger partial charge in [0, 0.05) is 38.2 Å². The van der Waals surface area contributed by atoms with E-state index >= 15 is 0 Å². The van der Waals surface area contributed by atoms with E-state index < -0.39 is 5.91 Å². The van der Waals surface area contributed by atoms with E-state index in [0.29, 0.717) is 22.3 Å². The van der Waals surface area contributed by atoms with Crippen LogP contribution in [-0.4, -0.2) is 35.9 Å². The van der Waals surface area contributed by atoms with Crippen LogP contribution in [0.1, 0.15) is 22.6 Å². The molecular formula is C20H21N5O3. The maximum Gasteiger partial charge on any atom is 0.269 e. The molecule has 0 aliphatic heterocycles. The number of carbonyl (C=O) groups excluding carboxylic acids is 2. The monoisotopic (exact) mass is 379 g/mol. The molecule has 144 valence electrons. The molecule has 0 atom stereocenters. The van der Waals surface area contributed by atoms with E-state index in [9.17, 15) is 14.4 Å². The number of fused-ring (bicyclic) bond motifs is 1. The summed E-state index contributed by atoms with van der Waals surface area (Å²) in [5, 5.41) is 0.503. The molecule has 0 radical (unpaired) electrons. The summed E-state index contributed by atoms with van der Waals surface area (Å²) >= 11 is 0. The Morgan fingerprint density at radius 2 is 1.86 bits per heavy atom. The average molecular weight is 379 g/mol. The third-order valence-electron chi connectivity index (χ3n) is 4.19. The first-order valence-corrected chi connectivity index (χ1v) is 8.78. The number of hydrazine groups is 1. The van der Waals surface area contributed by atoms with Crippen molar-refractivity contribution in [2.24, 2.45) is 0 Å². The molecule has 2 amide bonds. The van der Waals surface area contributed by atoms with Crippen LogP contribution in [0.5, 0.6) is 0 Å². The van der Waals surface area contributed by atoms with Gasteiger partial charge in [0.25, 0.3) is 11.5 Å². The average Bonchev–Trinajstić information content (AvgIpc) is 2.70. The topological polar surface area (TPSA) is 107 Å². The summed E-state index contributed by atoms with van der Waals surface area (Å²) in [6.45, 7) is 0. The van der Waals surface area contributed by atoms with Crippen LogP contribution in [0.2, 0.25) is 0 Å². The van der Waals surface area contributed by atoms with Gasteiger partial charge in [0.05, 0.1) is 10.9 Å². The van der Waals surface area contributed by atoms with Crippen molar-refractivity contribution in [3.8, 4) is 0 Å². The van der Waals surface area contributed by atoms with Gasteiger partial charge in [0.1, 0.15) is 5.82 Å². The number of para-hydroxylation sites is 1. The molecule has 28 heavy (non-hydrogen) atoms. The number of nitrogens with zero attached hydrogens (tertiary/aromatic N) is 2. The first-order chi connectivity index (χ1) is 13.4. The molecule has 1 heterocycles. The highest BCUT2D eigenvalue weighted by Gasteiger charge is 2.10. The Bertz CT molecular complexity index is 1070. The van der Waals surface area contributed by atoms with E-state index in [1.165, 1.54) is 0 Å². The molecule has 8 heteroatoms. The first kappa shape index (κ1) is 19.1. The molecule has 3 aromatic rings. The van der Waals surface area contributed by atoms with Crippen molar-refractivity contribution in [3.05, 3.63) is 70.3 Å². The molecular weight excluding hydrogens is 358 g/mol. The van der Waals surface area contributed by atoms with Gasteiger partial charge < -0.3 is 9.88 Å². The number of hydrogen-bond donors (Lipinski definition) is 3. The van der Waals surface area contributed by atoms with Crippen LogP contribution in [0.3, 0.4) is 0 Å². The van der Waals surface area contributed by atoms with Crippen molar-refractivity contribution in [1.82, 2.24) is 20.8 Å². The van der Waals surface area contributed by atoms with Gasteiger partial charge in [-0.25, -0.2) is 4.98 Å². The number of carbonyl (C=O) groups is 2. The van der Waals surface area contributed by atoms with Gasteiger partial charge in [-0.2, -0.15) is 0 Å². The Balaban J connectivity index is 1.55. The van der Waals surface area contributed by atoms with Crippen LogP contribution < -0.4 is 21.3 Å². The molecule has 2 aromatic carbocycles. The third-order valence-corrected chi connectivity index (χ3v) is 4.19. The number of nitrogens with one attached hydrogen (secondary N) is 3. The second kappa shape index (κ2) is 8.34. The Morgan fingerprint density at radius 3 is 2.64 bits per heavy atom. The summed E-state index contributed by atoms with van der Waals surface area (Å²) in [6, 6.07) is 14.0. The van der Waals surface area contributed by atoms with Crippen molar-refractivity contribution in [3.63, 3.8) is 0 Å². The first-order valence-electron chi connectivity index (χ1n) is 8.78. The van der Waals surface area contributed by atoms with E-state index in [0.717, 1.165) is 5.69 Å². The van der Waals surface area contributed by atoms with Gasteiger partial charge in [-0.05, 0) is 30.3 Å². The highest BCUT2D eigenvalue weighted by molar-refractivity contribution is 5.96. The molecule has 0 aliphatic carbocycles. The molecule has 8 nitrogen and oxygen atoms in total. The molecule has 3 N–H and O–H groups in total. The molecule has 1 aromatic heterocycles. The molecule has 3 rings (SSSR count). The zero-order valence-electron chi connectivity index (χ0n) is 15.7. The van der Waals surface area contributed by atoms with Crippen molar-refractivity contribution in [1.29, 1.82) is 0 Å². The lowest BCUT2D eigenvalue weighted by Gasteiger charge is -2.13. The number of H-pyrrole nitrogens is 1. The summed E-state index contributed by atoms with van der Waals surface area (Å²) < 4.78 is 0. The van der Waals surface area contributed by atoms with E-state index in [1.807, 2.05) is 25.1 Å². The molecule has 0 saturated carbocycles. The number of aromatic amines is 1. The van der Waals surface area contributed by atoms with Crippen LogP contribution >= 0.6 is 0 Å². The van der Waals surface area contributed by atoms with Crippen molar-refractivity contribution < 1.29 is 9.59 Å². The normalized spacial score (nSPS) is 10.5. The van der Waals surface area contributed by atoms with Gasteiger partial charge in [0.15, 0.2) is 0 Å². The summed E-state index contributed by atoms with van der Waals surface area (Å²) in [6.07, 6.45) is 0.317. The van der Waals surface area contributed by atoms with Crippen LogP contribution in [0.25, 0.3) is 10.9 Å². The SMILES string of the molecule is CN(C)c1cccc(C(=O)NNC(=O)CCc2nc3ccccc3c(=O)[nH]2)c1. The van der Waals surface area contributed by atoms with Crippen LogP contribution in [0, 0.1) is 0 Å². The van der Waals surface area contributed by atoms with Crippen molar-refractivity contribution in [2.75, 3.05) is 19.0 Å². The molecule has 0 aliphatic rings. The van der Waals surface area contributed by atoms with Crippen molar-refractivity contribution >= 4 is 28.4 Å². The fraction of sp³-hybridized carbons (Fsp3) is 0.200. The lowest BCUT2D eigenvalue weighted by Crippen LogP contribution is -2.41. The summed E-state index contributed by atoms with van der Waals surface area (Å²) in [5.41, 5.74) is 6.43. The minimum absolute atomic E-state index is 0.0687. The zero-order chi connectivity index (χ0) is 20.1. The highest BCUT2D eigenvalue weighted by Crippen LogP contribution is 2.13. The number of aryl methyl sites for hydroxylation is 1. The highest BCUT2D eigenvalue weighted by atomic mass is 16.2. The van der Waals surface area contributed by atoms with Gasteiger partial charge in [-0.1, -0.05) is 18.2 Å². The lowest BCUT2D eigenvalue weighted by molar-refractivity contribution is -0.121. The number of anilines is 1. The Morgan fingerprint density at radius 1 is 1.07 bits per heavy atom. The number of hydrogen-bond acceptors (Lipinski definition) is 5. The third kappa shape index (κ3) is 4.53. The zero-order valence-corrected chi connectivity index (χ0v) is 15.7. The molecule has 0 fully saturated rings. The standard InChI is InChI=1S/C20H21N5O3/c1-25(2)14-7-5-6-13(12-14)19(27)24-23-18(26)11-10-17-21-16-9-4-3-8-15(16)20(28)22-17/h3-9,12H,10-11H2,1-2H3,(H,23,26)(H,24,27)(H,21,22,28). The minimum atomic E-state index is -0.408. The van der Waals surface area contributed by atoms with Gasteiger partial charge in [0.2, 0.25) is 5.91 Å². The fourth-order valence-electron chi connectivity index (χ4n) is 2.67. The van der Waals surface area contributed by atoms with Crippen LogP contribution in [-0.2, 0) is 11.2 Å². The van der Waals surface area contributed by atoms with Gasteiger partial charge >= 0.3 is 0 Å².